The van der Waals surface area contributed by atoms with Crippen LogP contribution in [0.1, 0.15) is 57.8 Å². The smallest absolute Gasteiger partial charge is 0.250 e. The van der Waals surface area contributed by atoms with Gasteiger partial charge in [0.2, 0.25) is 8.32 Å². The number of carbonyl (C=O) groups is 1. The first kappa shape index (κ1) is 19.0. The van der Waals surface area contributed by atoms with Gasteiger partial charge in [-0.05, 0) is 61.7 Å². The van der Waals surface area contributed by atoms with Crippen LogP contribution in [0.4, 0.5) is 0 Å². The molecule has 0 amide bonds. The van der Waals surface area contributed by atoms with Crippen LogP contribution in [-0.2, 0) is 11.2 Å². The molecule has 3 rings (SSSR count). The zero-order chi connectivity index (χ0) is 19.1. The quantitative estimate of drug-likeness (QED) is 0.356. The summed E-state index contributed by atoms with van der Waals surface area (Å²) < 4.78 is 12.6. The number of hydrogen-bond donors (Lipinski definition) is 0. The zero-order valence-corrected chi connectivity index (χ0v) is 17.8. The van der Waals surface area contributed by atoms with Crippen molar-refractivity contribution in [2.45, 2.75) is 71.0 Å². The van der Waals surface area contributed by atoms with E-state index in [4.69, 9.17) is 8.84 Å². The van der Waals surface area contributed by atoms with Crippen LogP contribution < -0.4 is 4.43 Å². The van der Waals surface area contributed by atoms with Gasteiger partial charge in [0, 0.05) is 23.3 Å². The molecule has 0 saturated carbocycles. The van der Waals surface area contributed by atoms with E-state index in [9.17, 15) is 4.79 Å². The van der Waals surface area contributed by atoms with Crippen molar-refractivity contribution in [2.75, 3.05) is 0 Å². The molecule has 1 aromatic carbocycles. The number of benzene rings is 1. The number of hydrogen-bond acceptors (Lipinski definition) is 3. The summed E-state index contributed by atoms with van der Waals surface area (Å²) in [6.07, 6.45) is 6.13. The van der Waals surface area contributed by atoms with E-state index in [2.05, 4.69) is 46.0 Å². The van der Waals surface area contributed by atoms with Crippen LogP contribution in [0.25, 0.3) is 11.0 Å². The highest BCUT2D eigenvalue weighted by atomic mass is 28.4. The van der Waals surface area contributed by atoms with E-state index in [0.717, 1.165) is 53.6 Å². The van der Waals surface area contributed by atoms with Crippen LogP contribution in [0.15, 0.2) is 34.3 Å². The Morgan fingerprint density at radius 2 is 2.04 bits per heavy atom. The highest BCUT2D eigenvalue weighted by Crippen LogP contribution is 2.43. The van der Waals surface area contributed by atoms with Crippen LogP contribution in [0.5, 0.6) is 5.75 Å². The van der Waals surface area contributed by atoms with E-state index in [1.165, 1.54) is 5.56 Å². The lowest BCUT2D eigenvalue weighted by Crippen LogP contribution is -2.43. The maximum Gasteiger partial charge on any atom is 0.250 e. The Hall–Kier alpha value is -1.81. The van der Waals surface area contributed by atoms with Crippen molar-refractivity contribution in [3.63, 3.8) is 0 Å². The molecule has 140 valence electrons. The molecular weight excluding hydrogens is 340 g/mol. The second kappa shape index (κ2) is 6.73. The van der Waals surface area contributed by atoms with Gasteiger partial charge in [0.05, 0.1) is 0 Å². The van der Waals surface area contributed by atoms with Crippen molar-refractivity contribution < 1.29 is 13.6 Å². The van der Waals surface area contributed by atoms with Gasteiger partial charge < -0.3 is 8.84 Å². The van der Waals surface area contributed by atoms with E-state index in [-0.39, 0.29) is 11.0 Å². The molecule has 0 N–H and O–H groups in total. The summed E-state index contributed by atoms with van der Waals surface area (Å²) in [5, 5.41) is 1.29. The molecular formula is C22H30O3Si. The summed E-state index contributed by atoms with van der Waals surface area (Å²) in [6.45, 7) is 13.2. The third kappa shape index (κ3) is 3.52. The van der Waals surface area contributed by atoms with Gasteiger partial charge in [0.1, 0.15) is 23.4 Å². The van der Waals surface area contributed by atoms with Crippen LogP contribution in [0.3, 0.4) is 0 Å². The molecule has 0 fully saturated rings. The first-order valence-corrected chi connectivity index (χ1v) is 12.4. The predicted molar refractivity (Wildman–Crippen MR) is 110 cm³/mol. The summed E-state index contributed by atoms with van der Waals surface area (Å²) in [5.41, 5.74) is 2.95. The zero-order valence-electron chi connectivity index (χ0n) is 16.8. The molecule has 4 heteroatoms. The van der Waals surface area contributed by atoms with Gasteiger partial charge in [-0.3, -0.25) is 4.79 Å². The molecule has 1 atom stereocenters. The number of carbonyl (C=O) groups excluding carboxylic acids is 1. The van der Waals surface area contributed by atoms with E-state index in [1.807, 2.05) is 19.1 Å². The maximum atomic E-state index is 11.1. The Morgan fingerprint density at radius 3 is 2.69 bits per heavy atom. The Balaban J connectivity index is 2.05. The second-order valence-electron chi connectivity index (χ2n) is 8.99. The third-order valence-electron chi connectivity index (χ3n) is 5.89. The lowest BCUT2D eigenvalue weighted by atomic mass is 9.84. The fourth-order valence-corrected chi connectivity index (χ4v) is 4.42. The topological polar surface area (TPSA) is 39.4 Å². The Kier molecular flexibility index (Phi) is 4.91. The number of aryl methyl sites for hydroxylation is 1. The summed E-state index contributed by atoms with van der Waals surface area (Å²) in [4.78, 5) is 11.1. The van der Waals surface area contributed by atoms with Crippen molar-refractivity contribution in [1.82, 2.24) is 0 Å². The maximum absolute atomic E-state index is 11.1. The number of furan rings is 1. The van der Waals surface area contributed by atoms with Crippen molar-refractivity contribution in [3.8, 4) is 5.75 Å². The normalized spacial score (nSPS) is 18.7. The van der Waals surface area contributed by atoms with Crippen molar-refractivity contribution >= 4 is 25.6 Å². The first-order chi connectivity index (χ1) is 12.1. The van der Waals surface area contributed by atoms with Crippen LogP contribution in [-0.4, -0.2) is 14.6 Å². The molecule has 0 saturated heterocycles. The molecule has 0 bridgehead atoms. The number of allylic oxidation sites excluding steroid dienone is 2. The average molecular weight is 371 g/mol. The van der Waals surface area contributed by atoms with E-state index in [0.29, 0.717) is 0 Å². The van der Waals surface area contributed by atoms with Crippen molar-refractivity contribution in [3.05, 3.63) is 41.2 Å². The van der Waals surface area contributed by atoms with Crippen LogP contribution in [0, 0.1) is 0 Å². The summed E-state index contributed by atoms with van der Waals surface area (Å²) in [6, 6.07) is 6.20. The van der Waals surface area contributed by atoms with Crippen molar-refractivity contribution in [2.24, 2.45) is 0 Å². The molecule has 26 heavy (non-hydrogen) atoms. The molecule has 0 aliphatic heterocycles. The van der Waals surface area contributed by atoms with Gasteiger partial charge in [0.25, 0.3) is 0 Å². The van der Waals surface area contributed by atoms with E-state index < -0.39 is 8.32 Å². The number of rotatable bonds is 4. The number of aldehydes is 1. The minimum atomic E-state index is -1.89. The number of fused-ring (bicyclic) bond motifs is 3. The summed E-state index contributed by atoms with van der Waals surface area (Å²) in [7, 11) is -1.89. The van der Waals surface area contributed by atoms with E-state index >= 15 is 0 Å². The Labute approximate surface area is 157 Å². The van der Waals surface area contributed by atoms with Gasteiger partial charge in [-0.25, -0.2) is 0 Å². The van der Waals surface area contributed by atoms with Gasteiger partial charge >= 0.3 is 0 Å². The fraction of sp³-hybridized carbons (Fsp3) is 0.500. The first-order valence-electron chi connectivity index (χ1n) is 9.50. The molecule has 3 nitrogen and oxygen atoms in total. The molecule has 0 spiro atoms. The van der Waals surface area contributed by atoms with Crippen LogP contribution in [0.2, 0.25) is 18.1 Å². The molecule has 1 unspecified atom stereocenters. The second-order valence-corrected chi connectivity index (χ2v) is 13.7. The highest BCUT2D eigenvalue weighted by molar-refractivity contribution is 6.74. The molecule has 1 aliphatic carbocycles. The molecule has 1 aliphatic rings. The standard InChI is InChI=1S/C22H30O3Si/c1-15(14-23)12-16-8-7-9-20-21(16)18-13-17(10-11-19(18)24-20)25-26(5,6)22(2,3)4/h10-14,16H,7-9H2,1-6H3/b15-12+. The minimum absolute atomic E-state index is 0.157. The third-order valence-corrected chi connectivity index (χ3v) is 10.3. The van der Waals surface area contributed by atoms with Gasteiger partial charge in [-0.15, -0.1) is 0 Å². The van der Waals surface area contributed by atoms with Gasteiger partial charge in [-0.1, -0.05) is 26.8 Å². The van der Waals surface area contributed by atoms with Gasteiger partial charge in [-0.2, -0.15) is 0 Å². The highest BCUT2D eigenvalue weighted by Gasteiger charge is 2.39. The summed E-state index contributed by atoms with van der Waals surface area (Å²) >= 11 is 0. The van der Waals surface area contributed by atoms with E-state index in [1.54, 1.807) is 0 Å². The lowest BCUT2D eigenvalue weighted by Gasteiger charge is -2.36. The lowest BCUT2D eigenvalue weighted by molar-refractivity contribution is -0.104. The molecule has 0 radical (unpaired) electrons. The largest absolute Gasteiger partial charge is 0.543 e. The van der Waals surface area contributed by atoms with Gasteiger partial charge in [0.15, 0.2) is 0 Å². The van der Waals surface area contributed by atoms with Crippen LogP contribution >= 0.6 is 0 Å². The minimum Gasteiger partial charge on any atom is -0.543 e. The Morgan fingerprint density at radius 1 is 1.31 bits per heavy atom. The van der Waals surface area contributed by atoms with Crippen molar-refractivity contribution in [1.29, 1.82) is 0 Å². The molecule has 1 heterocycles. The summed E-state index contributed by atoms with van der Waals surface area (Å²) in [5.74, 6) is 2.23. The SMILES string of the molecule is C/C(C=O)=C\C1CCCc2oc3ccc(O[Si](C)(C)C(C)(C)C)cc3c21. The molecule has 1 aromatic heterocycles. The monoisotopic (exact) mass is 370 g/mol. The predicted octanol–water partition coefficient (Wildman–Crippen LogP) is 6.38. The fourth-order valence-electron chi connectivity index (χ4n) is 3.40. The average Bonchev–Trinajstić information content (AvgIpc) is 2.92. The Bertz CT molecular complexity index is 852. The molecule has 2 aromatic rings.